The van der Waals surface area contributed by atoms with Crippen molar-refractivity contribution in [1.82, 2.24) is 16.0 Å². The number of aliphatic imine (C=N–C) groups is 1. The second kappa shape index (κ2) is 11.2. The van der Waals surface area contributed by atoms with Crippen molar-refractivity contribution in [3.63, 3.8) is 0 Å². The minimum Gasteiger partial charge on any atom is -0.488 e. The van der Waals surface area contributed by atoms with Crippen LogP contribution in [0.15, 0.2) is 53.5 Å². The van der Waals surface area contributed by atoms with E-state index in [4.69, 9.17) is 9.47 Å². The van der Waals surface area contributed by atoms with Crippen molar-refractivity contribution in [2.75, 3.05) is 26.8 Å². The number of aryl methyl sites for hydroxylation is 1. The van der Waals surface area contributed by atoms with Crippen LogP contribution in [-0.4, -0.2) is 44.8 Å². The molecule has 1 saturated heterocycles. The van der Waals surface area contributed by atoms with Crippen molar-refractivity contribution in [3.8, 4) is 5.75 Å². The second-order valence-electron chi connectivity index (χ2n) is 7.26. The molecule has 1 atom stereocenters. The lowest BCUT2D eigenvalue weighted by atomic mass is 10.1. The number of carbonyl (C=O) groups is 1. The Morgan fingerprint density at radius 2 is 1.97 bits per heavy atom. The Hall–Kier alpha value is -3.06. The topological polar surface area (TPSA) is 84.0 Å². The lowest BCUT2D eigenvalue weighted by molar-refractivity contribution is -0.120. The Morgan fingerprint density at radius 1 is 1.13 bits per heavy atom. The van der Waals surface area contributed by atoms with Gasteiger partial charge in [-0.3, -0.25) is 9.79 Å². The molecule has 3 N–H and O–H groups in total. The first-order valence-electron chi connectivity index (χ1n) is 10.2. The van der Waals surface area contributed by atoms with Crippen LogP contribution < -0.4 is 20.7 Å². The fourth-order valence-electron chi connectivity index (χ4n) is 3.13. The molecule has 0 bridgehead atoms. The van der Waals surface area contributed by atoms with Crippen LogP contribution in [0.2, 0.25) is 0 Å². The van der Waals surface area contributed by atoms with Gasteiger partial charge >= 0.3 is 0 Å². The monoisotopic (exact) mass is 410 g/mol. The van der Waals surface area contributed by atoms with Crippen molar-refractivity contribution in [1.29, 1.82) is 0 Å². The summed E-state index contributed by atoms with van der Waals surface area (Å²) >= 11 is 0. The van der Waals surface area contributed by atoms with Crippen LogP contribution in [-0.2, 0) is 22.6 Å². The highest BCUT2D eigenvalue weighted by Gasteiger charge is 2.18. The van der Waals surface area contributed by atoms with Gasteiger partial charge in [0.2, 0.25) is 5.91 Å². The Kier molecular flexibility index (Phi) is 8.09. The van der Waals surface area contributed by atoms with Gasteiger partial charge in [-0.15, -0.1) is 0 Å². The third-order valence-electron chi connectivity index (χ3n) is 4.82. The number of ether oxygens (including phenoxy) is 2. The Labute approximate surface area is 177 Å². The zero-order valence-electron chi connectivity index (χ0n) is 17.6. The molecule has 0 spiro atoms. The molecule has 3 rings (SSSR count). The molecule has 30 heavy (non-hydrogen) atoms. The fraction of sp³-hybridized carbons (Fsp3) is 0.391. The van der Waals surface area contributed by atoms with E-state index in [0.717, 1.165) is 35.5 Å². The summed E-state index contributed by atoms with van der Waals surface area (Å²) in [6, 6.07) is 16.0. The summed E-state index contributed by atoms with van der Waals surface area (Å²) in [5.41, 5.74) is 3.24. The molecule has 1 aliphatic rings. The number of guanidine groups is 1. The molecule has 0 saturated carbocycles. The Morgan fingerprint density at radius 3 is 2.70 bits per heavy atom. The molecule has 0 radical (unpaired) electrons. The van der Waals surface area contributed by atoms with Gasteiger partial charge in [-0.05, 0) is 24.1 Å². The van der Waals surface area contributed by atoms with Crippen LogP contribution in [0.25, 0.3) is 0 Å². The van der Waals surface area contributed by atoms with Gasteiger partial charge in [0.05, 0.1) is 19.8 Å². The van der Waals surface area contributed by atoms with E-state index in [-0.39, 0.29) is 18.6 Å². The quantitative estimate of drug-likeness (QED) is 0.459. The average molecular weight is 411 g/mol. The molecule has 160 valence electrons. The van der Waals surface area contributed by atoms with Gasteiger partial charge in [-0.2, -0.15) is 0 Å². The SMILES string of the molecule is CN=C(NCC(=O)NCc1ccccc1)NCc1ccc(C)cc1OC1CCOC1. The van der Waals surface area contributed by atoms with Gasteiger partial charge in [0.1, 0.15) is 11.9 Å². The number of benzene rings is 2. The first-order valence-corrected chi connectivity index (χ1v) is 10.2. The third kappa shape index (κ3) is 6.77. The largest absolute Gasteiger partial charge is 0.488 e. The van der Waals surface area contributed by atoms with E-state index in [0.29, 0.717) is 25.7 Å². The van der Waals surface area contributed by atoms with Gasteiger partial charge in [-0.25, -0.2) is 0 Å². The van der Waals surface area contributed by atoms with Crippen LogP contribution in [0.3, 0.4) is 0 Å². The van der Waals surface area contributed by atoms with E-state index >= 15 is 0 Å². The number of nitrogens with one attached hydrogen (secondary N) is 3. The summed E-state index contributed by atoms with van der Waals surface area (Å²) in [4.78, 5) is 16.3. The van der Waals surface area contributed by atoms with E-state index in [1.165, 1.54) is 0 Å². The number of carbonyl (C=O) groups excluding carboxylic acids is 1. The lowest BCUT2D eigenvalue weighted by Crippen LogP contribution is -2.42. The fourth-order valence-corrected chi connectivity index (χ4v) is 3.13. The zero-order chi connectivity index (χ0) is 21.2. The van der Waals surface area contributed by atoms with E-state index < -0.39 is 0 Å². The standard InChI is InChI=1S/C23H30N4O3/c1-17-8-9-19(21(12-17)30-20-10-11-29-16-20)14-26-23(24-2)27-15-22(28)25-13-18-6-4-3-5-7-18/h3-9,12,20H,10-11,13-16H2,1-2H3,(H,25,28)(H2,24,26,27). The molecule has 2 aromatic rings. The molecule has 1 unspecified atom stereocenters. The maximum atomic E-state index is 12.1. The minimum absolute atomic E-state index is 0.0938. The molecule has 1 aliphatic heterocycles. The molecule has 1 fully saturated rings. The summed E-state index contributed by atoms with van der Waals surface area (Å²) in [5.74, 6) is 1.32. The lowest BCUT2D eigenvalue weighted by Gasteiger charge is -2.18. The summed E-state index contributed by atoms with van der Waals surface area (Å²) < 4.78 is 11.5. The van der Waals surface area contributed by atoms with Crippen LogP contribution in [0.4, 0.5) is 0 Å². The predicted octanol–water partition coefficient (Wildman–Crippen LogP) is 2.14. The molecule has 1 heterocycles. The number of nitrogens with zero attached hydrogens (tertiary/aromatic N) is 1. The number of hydrogen-bond donors (Lipinski definition) is 3. The highest BCUT2D eigenvalue weighted by atomic mass is 16.5. The summed E-state index contributed by atoms with van der Waals surface area (Å²) in [6.07, 6.45) is 0.999. The van der Waals surface area contributed by atoms with E-state index in [1.807, 2.05) is 49.4 Å². The number of amides is 1. The highest BCUT2D eigenvalue weighted by molar-refractivity contribution is 5.86. The molecule has 0 aliphatic carbocycles. The first-order chi connectivity index (χ1) is 14.6. The maximum Gasteiger partial charge on any atom is 0.239 e. The Balaban J connectivity index is 1.47. The van der Waals surface area contributed by atoms with Crippen LogP contribution in [0.5, 0.6) is 5.75 Å². The Bertz CT molecular complexity index is 849. The molecule has 7 heteroatoms. The molecular weight excluding hydrogens is 380 g/mol. The first kappa shape index (κ1) is 21.6. The average Bonchev–Trinajstić information content (AvgIpc) is 3.27. The van der Waals surface area contributed by atoms with Crippen LogP contribution in [0.1, 0.15) is 23.1 Å². The highest BCUT2D eigenvalue weighted by Crippen LogP contribution is 2.23. The van der Waals surface area contributed by atoms with Crippen molar-refractivity contribution in [2.24, 2.45) is 4.99 Å². The normalized spacial score (nSPS) is 16.2. The van der Waals surface area contributed by atoms with E-state index in [1.54, 1.807) is 7.05 Å². The smallest absolute Gasteiger partial charge is 0.239 e. The molecule has 0 aromatic heterocycles. The molecular formula is C23H30N4O3. The number of hydrogen-bond acceptors (Lipinski definition) is 4. The van der Waals surface area contributed by atoms with Gasteiger partial charge in [0.15, 0.2) is 5.96 Å². The van der Waals surface area contributed by atoms with Crippen molar-refractivity contribution >= 4 is 11.9 Å². The summed E-state index contributed by atoms with van der Waals surface area (Å²) in [7, 11) is 1.68. The maximum absolute atomic E-state index is 12.1. The second-order valence-corrected chi connectivity index (χ2v) is 7.26. The number of rotatable bonds is 8. The molecule has 1 amide bonds. The van der Waals surface area contributed by atoms with Gasteiger partial charge < -0.3 is 25.4 Å². The minimum atomic E-state index is -0.0950. The van der Waals surface area contributed by atoms with Crippen LogP contribution in [0, 0.1) is 6.92 Å². The van der Waals surface area contributed by atoms with Crippen molar-refractivity contribution in [3.05, 3.63) is 65.2 Å². The summed E-state index contributed by atoms with van der Waals surface area (Å²) in [5, 5.41) is 9.18. The predicted molar refractivity (Wildman–Crippen MR) is 118 cm³/mol. The van der Waals surface area contributed by atoms with Crippen LogP contribution >= 0.6 is 0 Å². The van der Waals surface area contributed by atoms with Crippen molar-refractivity contribution in [2.45, 2.75) is 32.5 Å². The summed E-state index contributed by atoms with van der Waals surface area (Å²) in [6.45, 7) is 4.60. The van der Waals surface area contributed by atoms with Gasteiger partial charge in [0.25, 0.3) is 0 Å². The van der Waals surface area contributed by atoms with Gasteiger partial charge in [0, 0.05) is 32.1 Å². The van der Waals surface area contributed by atoms with Gasteiger partial charge in [-0.1, -0.05) is 42.5 Å². The zero-order valence-corrected chi connectivity index (χ0v) is 17.6. The van der Waals surface area contributed by atoms with E-state index in [2.05, 4.69) is 27.0 Å². The van der Waals surface area contributed by atoms with E-state index in [9.17, 15) is 4.79 Å². The van der Waals surface area contributed by atoms with Crippen molar-refractivity contribution < 1.29 is 14.3 Å². The third-order valence-corrected chi connectivity index (χ3v) is 4.82. The molecule has 7 nitrogen and oxygen atoms in total. The molecule has 2 aromatic carbocycles.